The van der Waals surface area contributed by atoms with Gasteiger partial charge in [0, 0.05) is 24.5 Å². The Balaban J connectivity index is 1.48. The summed E-state index contributed by atoms with van der Waals surface area (Å²) in [6, 6.07) is 8.14. The number of aryl methyl sites for hydroxylation is 1. The van der Waals surface area contributed by atoms with Gasteiger partial charge in [0.1, 0.15) is 12.4 Å². The van der Waals surface area contributed by atoms with Gasteiger partial charge in [-0.3, -0.25) is 4.90 Å². The molecule has 4 nitrogen and oxygen atoms in total. The van der Waals surface area contributed by atoms with Gasteiger partial charge in [-0.25, -0.2) is 4.98 Å². The predicted molar refractivity (Wildman–Crippen MR) is 77.3 cm³/mol. The molecule has 0 atom stereocenters. The Bertz CT molecular complexity index is 558. The molecule has 0 fully saturated rings. The molecule has 5 heteroatoms. The van der Waals surface area contributed by atoms with Crippen molar-refractivity contribution < 1.29 is 4.74 Å². The van der Waals surface area contributed by atoms with Gasteiger partial charge in [0.25, 0.3) is 0 Å². The van der Waals surface area contributed by atoms with Crippen molar-refractivity contribution in [3.63, 3.8) is 0 Å². The van der Waals surface area contributed by atoms with Crippen LogP contribution in [0.2, 0.25) is 0 Å². The van der Waals surface area contributed by atoms with Gasteiger partial charge < -0.3 is 10.5 Å². The number of anilines is 1. The molecule has 0 saturated heterocycles. The van der Waals surface area contributed by atoms with E-state index in [2.05, 4.69) is 28.9 Å². The number of nitrogens with zero attached hydrogens (tertiary/aromatic N) is 2. The zero-order valence-electron chi connectivity index (χ0n) is 10.9. The van der Waals surface area contributed by atoms with E-state index in [1.165, 1.54) is 10.4 Å². The molecule has 1 aromatic heterocycles. The minimum Gasteiger partial charge on any atom is -0.492 e. The summed E-state index contributed by atoms with van der Waals surface area (Å²) < 4.78 is 5.76. The fraction of sp³-hybridized carbons (Fsp3) is 0.357. The fourth-order valence-electron chi connectivity index (χ4n) is 2.28. The van der Waals surface area contributed by atoms with Gasteiger partial charge in [0.15, 0.2) is 5.13 Å². The third-order valence-electron chi connectivity index (χ3n) is 3.20. The second-order valence-corrected chi connectivity index (χ2v) is 5.91. The van der Waals surface area contributed by atoms with Crippen LogP contribution in [0.5, 0.6) is 5.75 Å². The van der Waals surface area contributed by atoms with E-state index in [-0.39, 0.29) is 0 Å². The van der Waals surface area contributed by atoms with Crippen LogP contribution in [0.15, 0.2) is 24.3 Å². The van der Waals surface area contributed by atoms with Crippen LogP contribution >= 0.6 is 11.3 Å². The smallest absolute Gasteiger partial charge is 0.180 e. The second kappa shape index (κ2) is 5.19. The summed E-state index contributed by atoms with van der Waals surface area (Å²) in [5.41, 5.74) is 8.05. The van der Waals surface area contributed by atoms with Gasteiger partial charge >= 0.3 is 0 Å². The average molecular weight is 275 g/mol. The molecule has 1 aliphatic heterocycles. The number of nitrogens with two attached hydrogens (primary N) is 1. The van der Waals surface area contributed by atoms with Crippen molar-refractivity contribution in [2.75, 3.05) is 18.9 Å². The lowest BCUT2D eigenvalue weighted by molar-refractivity contribution is 0.211. The van der Waals surface area contributed by atoms with Crippen molar-refractivity contribution in [2.45, 2.75) is 20.0 Å². The summed E-state index contributed by atoms with van der Waals surface area (Å²) in [5.74, 6) is 0.941. The van der Waals surface area contributed by atoms with E-state index in [0.717, 1.165) is 31.1 Å². The molecule has 0 bridgehead atoms. The first-order chi connectivity index (χ1) is 9.20. The normalized spacial score (nSPS) is 14.6. The highest BCUT2D eigenvalue weighted by Crippen LogP contribution is 2.28. The molecule has 100 valence electrons. The highest BCUT2D eigenvalue weighted by Gasteiger charge is 2.22. The van der Waals surface area contributed by atoms with Crippen LogP contribution < -0.4 is 10.5 Å². The Morgan fingerprint density at radius 2 is 2.32 bits per heavy atom. The van der Waals surface area contributed by atoms with Crippen molar-refractivity contribution >= 4 is 16.5 Å². The van der Waals surface area contributed by atoms with Crippen LogP contribution in [0, 0.1) is 6.92 Å². The maximum absolute atomic E-state index is 5.76. The molecule has 2 N–H and O–H groups in total. The number of hydrogen-bond donors (Lipinski definition) is 1. The lowest BCUT2D eigenvalue weighted by Crippen LogP contribution is -2.23. The van der Waals surface area contributed by atoms with Gasteiger partial charge in [-0.1, -0.05) is 12.1 Å². The predicted octanol–water partition coefficient (Wildman–Crippen LogP) is 2.43. The number of nitrogen functional groups attached to an aromatic ring is 1. The maximum atomic E-state index is 5.76. The minimum atomic E-state index is 0.681. The molecule has 3 rings (SSSR count). The van der Waals surface area contributed by atoms with Gasteiger partial charge in [-0.05, 0) is 24.6 Å². The third kappa shape index (κ3) is 2.88. The van der Waals surface area contributed by atoms with Gasteiger partial charge in [0.05, 0.1) is 5.69 Å². The minimum absolute atomic E-state index is 0.681. The lowest BCUT2D eigenvalue weighted by atomic mass is 10.2. The standard InChI is InChI=1S/C14H17N3OS/c1-10-3-2-4-11(7-10)18-6-5-17-8-12-13(9-17)19-14(15)16-12/h2-4,7H,5-6,8-9H2,1H3,(H2,15,16). The summed E-state index contributed by atoms with van der Waals surface area (Å²) in [4.78, 5) is 7.97. The topological polar surface area (TPSA) is 51.4 Å². The summed E-state index contributed by atoms with van der Waals surface area (Å²) in [6.45, 7) is 5.52. The first-order valence-electron chi connectivity index (χ1n) is 6.36. The van der Waals surface area contributed by atoms with Crippen LogP contribution in [-0.2, 0) is 13.1 Å². The fourth-order valence-corrected chi connectivity index (χ4v) is 3.16. The molecule has 0 amide bonds. The molecular weight excluding hydrogens is 258 g/mol. The van der Waals surface area contributed by atoms with E-state index < -0.39 is 0 Å². The van der Waals surface area contributed by atoms with E-state index in [1.54, 1.807) is 11.3 Å². The van der Waals surface area contributed by atoms with Crippen LogP contribution in [0.3, 0.4) is 0 Å². The van der Waals surface area contributed by atoms with E-state index in [1.807, 2.05) is 12.1 Å². The Morgan fingerprint density at radius 1 is 1.42 bits per heavy atom. The molecular formula is C14H17N3OS. The zero-order chi connectivity index (χ0) is 13.2. The summed E-state index contributed by atoms with van der Waals surface area (Å²) >= 11 is 1.60. The lowest BCUT2D eigenvalue weighted by Gasteiger charge is -2.15. The van der Waals surface area contributed by atoms with Gasteiger partial charge in [-0.15, -0.1) is 11.3 Å². The zero-order valence-corrected chi connectivity index (χ0v) is 11.7. The van der Waals surface area contributed by atoms with E-state index in [0.29, 0.717) is 11.7 Å². The first kappa shape index (κ1) is 12.4. The first-order valence-corrected chi connectivity index (χ1v) is 7.18. The van der Waals surface area contributed by atoms with Crippen molar-refractivity contribution in [1.29, 1.82) is 0 Å². The molecule has 0 spiro atoms. The third-order valence-corrected chi connectivity index (χ3v) is 4.11. The number of benzene rings is 1. The molecule has 0 aliphatic carbocycles. The van der Waals surface area contributed by atoms with Gasteiger partial charge in [-0.2, -0.15) is 0 Å². The van der Waals surface area contributed by atoms with E-state index in [9.17, 15) is 0 Å². The average Bonchev–Trinajstić information content (AvgIpc) is 2.86. The van der Waals surface area contributed by atoms with E-state index in [4.69, 9.17) is 10.5 Å². The molecule has 0 radical (unpaired) electrons. The Hall–Kier alpha value is -1.59. The number of rotatable bonds is 4. The molecule has 2 heterocycles. The number of thiazole rings is 1. The number of fused-ring (bicyclic) bond motifs is 1. The SMILES string of the molecule is Cc1cccc(OCCN2Cc3nc(N)sc3C2)c1. The quantitative estimate of drug-likeness (QED) is 0.931. The Morgan fingerprint density at radius 3 is 3.11 bits per heavy atom. The van der Waals surface area contributed by atoms with Gasteiger partial charge in [0.2, 0.25) is 0 Å². The van der Waals surface area contributed by atoms with Crippen molar-refractivity contribution in [1.82, 2.24) is 9.88 Å². The Kier molecular flexibility index (Phi) is 3.40. The van der Waals surface area contributed by atoms with Crippen LogP contribution in [0.4, 0.5) is 5.13 Å². The van der Waals surface area contributed by atoms with Crippen LogP contribution in [0.1, 0.15) is 16.1 Å². The van der Waals surface area contributed by atoms with E-state index >= 15 is 0 Å². The molecule has 1 aliphatic rings. The highest BCUT2D eigenvalue weighted by atomic mass is 32.1. The molecule has 0 unspecified atom stereocenters. The molecule has 0 saturated carbocycles. The van der Waals surface area contributed by atoms with Crippen molar-refractivity contribution in [3.05, 3.63) is 40.4 Å². The number of ether oxygens (including phenoxy) is 1. The van der Waals surface area contributed by atoms with Crippen LogP contribution in [-0.4, -0.2) is 23.0 Å². The number of aromatic nitrogens is 1. The molecule has 2 aromatic rings. The number of hydrogen-bond acceptors (Lipinski definition) is 5. The largest absolute Gasteiger partial charge is 0.492 e. The highest BCUT2D eigenvalue weighted by molar-refractivity contribution is 7.15. The van der Waals surface area contributed by atoms with Crippen molar-refractivity contribution in [2.24, 2.45) is 0 Å². The molecule has 1 aromatic carbocycles. The van der Waals surface area contributed by atoms with Crippen molar-refractivity contribution in [3.8, 4) is 5.75 Å². The Labute approximate surface area is 116 Å². The second-order valence-electron chi connectivity index (χ2n) is 4.80. The maximum Gasteiger partial charge on any atom is 0.180 e. The molecule has 19 heavy (non-hydrogen) atoms. The monoisotopic (exact) mass is 275 g/mol. The summed E-state index contributed by atoms with van der Waals surface area (Å²) in [5, 5.41) is 0.681. The summed E-state index contributed by atoms with van der Waals surface area (Å²) in [6.07, 6.45) is 0. The van der Waals surface area contributed by atoms with Crippen LogP contribution in [0.25, 0.3) is 0 Å². The summed E-state index contributed by atoms with van der Waals surface area (Å²) in [7, 11) is 0.